The molecule has 0 spiro atoms. The van der Waals surface area contributed by atoms with Crippen molar-refractivity contribution in [2.24, 2.45) is 5.92 Å². The smallest absolute Gasteiger partial charge is 0.323 e. The first-order chi connectivity index (χ1) is 11.5. The van der Waals surface area contributed by atoms with Crippen molar-refractivity contribution in [1.29, 1.82) is 0 Å². The molecule has 0 saturated heterocycles. The first-order valence-electron chi connectivity index (χ1n) is 7.69. The van der Waals surface area contributed by atoms with Crippen LogP contribution in [-0.2, 0) is 16.0 Å². The molecule has 0 saturated carbocycles. The Labute approximate surface area is 139 Å². The van der Waals surface area contributed by atoms with Crippen molar-refractivity contribution >= 4 is 11.9 Å². The van der Waals surface area contributed by atoms with Gasteiger partial charge in [-0.25, -0.2) is 0 Å². The van der Waals surface area contributed by atoms with Crippen LogP contribution in [0.3, 0.4) is 0 Å². The van der Waals surface area contributed by atoms with E-state index in [2.05, 4.69) is 15.1 Å². The van der Waals surface area contributed by atoms with Gasteiger partial charge in [0.05, 0.1) is 0 Å². The summed E-state index contributed by atoms with van der Waals surface area (Å²) in [6.45, 7) is 3.95. The van der Waals surface area contributed by atoms with Crippen LogP contribution in [0.5, 0.6) is 0 Å². The van der Waals surface area contributed by atoms with Gasteiger partial charge >= 0.3 is 5.97 Å². The number of carbonyl (C=O) groups is 2. The Bertz CT molecular complexity index is 684. The summed E-state index contributed by atoms with van der Waals surface area (Å²) in [4.78, 5) is 32.8. The van der Waals surface area contributed by atoms with Crippen LogP contribution in [0, 0.1) is 5.92 Å². The van der Waals surface area contributed by atoms with Gasteiger partial charge in [-0.05, 0) is 18.1 Å². The third-order valence-electron chi connectivity index (χ3n) is 3.18. The van der Waals surface area contributed by atoms with Crippen LogP contribution >= 0.6 is 0 Å². The third-order valence-corrected chi connectivity index (χ3v) is 3.18. The number of nitrogens with zero attached hydrogens (tertiary/aromatic N) is 4. The van der Waals surface area contributed by atoms with Crippen molar-refractivity contribution in [1.82, 2.24) is 20.0 Å². The molecule has 1 amide bonds. The monoisotopic (exact) mass is 332 g/mol. The highest BCUT2D eigenvalue weighted by molar-refractivity contribution is 5.81. The second-order valence-electron chi connectivity index (χ2n) is 5.79. The van der Waals surface area contributed by atoms with Gasteiger partial charge in [-0.1, -0.05) is 25.1 Å². The lowest BCUT2D eigenvalue weighted by molar-refractivity contribution is -0.144. The summed E-state index contributed by atoms with van der Waals surface area (Å²) in [7, 11) is 0. The summed E-state index contributed by atoms with van der Waals surface area (Å²) in [6.07, 6.45) is 2.00. The lowest BCUT2D eigenvalue weighted by Crippen LogP contribution is -2.38. The number of aryl methyl sites for hydroxylation is 1. The van der Waals surface area contributed by atoms with E-state index >= 15 is 0 Å². The van der Waals surface area contributed by atoms with Gasteiger partial charge < -0.3 is 14.5 Å². The SMILES string of the molecule is CC(C)CN(CC(=O)O)C(=O)CCc1nc(-c2ccccn2)no1. The maximum atomic E-state index is 12.2. The first kappa shape index (κ1) is 17.6. The molecule has 0 aromatic carbocycles. The molecule has 0 aliphatic heterocycles. The molecule has 2 aromatic heterocycles. The highest BCUT2D eigenvalue weighted by atomic mass is 16.5. The highest BCUT2D eigenvalue weighted by Gasteiger charge is 2.19. The summed E-state index contributed by atoms with van der Waals surface area (Å²) in [5, 5.41) is 12.8. The maximum absolute atomic E-state index is 12.2. The zero-order valence-corrected chi connectivity index (χ0v) is 13.7. The molecule has 8 nitrogen and oxygen atoms in total. The molecule has 0 aliphatic carbocycles. The lowest BCUT2D eigenvalue weighted by atomic mass is 10.2. The van der Waals surface area contributed by atoms with Crippen molar-refractivity contribution in [2.75, 3.05) is 13.1 Å². The van der Waals surface area contributed by atoms with Crippen molar-refractivity contribution in [3.8, 4) is 11.5 Å². The molecule has 8 heteroatoms. The summed E-state index contributed by atoms with van der Waals surface area (Å²) >= 11 is 0. The summed E-state index contributed by atoms with van der Waals surface area (Å²) in [5.74, 6) is -0.401. The molecule has 2 rings (SSSR count). The predicted molar refractivity (Wildman–Crippen MR) is 84.9 cm³/mol. The minimum Gasteiger partial charge on any atom is -0.480 e. The molecular weight excluding hydrogens is 312 g/mol. The molecule has 0 fully saturated rings. The Morgan fingerprint density at radius 2 is 2.12 bits per heavy atom. The van der Waals surface area contributed by atoms with E-state index in [1.165, 1.54) is 4.90 Å². The van der Waals surface area contributed by atoms with Crippen LogP contribution in [0.2, 0.25) is 0 Å². The topological polar surface area (TPSA) is 109 Å². The van der Waals surface area contributed by atoms with Crippen LogP contribution in [0.1, 0.15) is 26.2 Å². The summed E-state index contributed by atoms with van der Waals surface area (Å²) < 4.78 is 5.12. The van der Waals surface area contributed by atoms with Gasteiger partial charge in [-0.2, -0.15) is 4.98 Å². The lowest BCUT2D eigenvalue weighted by Gasteiger charge is -2.22. The van der Waals surface area contributed by atoms with Gasteiger partial charge in [0, 0.05) is 25.6 Å². The molecule has 1 N–H and O–H groups in total. The summed E-state index contributed by atoms with van der Waals surface area (Å²) in [5.41, 5.74) is 0.589. The van der Waals surface area contributed by atoms with Gasteiger partial charge in [0.15, 0.2) is 0 Å². The number of aliphatic carboxylic acids is 1. The Hall–Kier alpha value is -2.77. The van der Waals surface area contributed by atoms with E-state index in [1.54, 1.807) is 18.3 Å². The highest BCUT2D eigenvalue weighted by Crippen LogP contribution is 2.13. The fraction of sp³-hybridized carbons (Fsp3) is 0.438. The number of carbonyl (C=O) groups excluding carboxylic acids is 1. The molecular formula is C16H20N4O4. The maximum Gasteiger partial charge on any atom is 0.323 e. The Kier molecular flexibility index (Phi) is 6.00. The average Bonchev–Trinajstić information content (AvgIpc) is 3.01. The van der Waals surface area contributed by atoms with E-state index in [9.17, 15) is 9.59 Å². The molecule has 2 heterocycles. The van der Waals surface area contributed by atoms with Crippen molar-refractivity contribution < 1.29 is 19.2 Å². The normalized spacial score (nSPS) is 10.8. The van der Waals surface area contributed by atoms with E-state index in [4.69, 9.17) is 9.63 Å². The van der Waals surface area contributed by atoms with Crippen molar-refractivity contribution in [3.63, 3.8) is 0 Å². The van der Waals surface area contributed by atoms with Crippen LogP contribution < -0.4 is 0 Å². The molecule has 24 heavy (non-hydrogen) atoms. The van der Waals surface area contributed by atoms with E-state index in [-0.39, 0.29) is 31.2 Å². The molecule has 0 radical (unpaired) electrons. The fourth-order valence-corrected chi connectivity index (χ4v) is 2.19. The molecule has 0 atom stereocenters. The number of hydrogen-bond acceptors (Lipinski definition) is 6. The second kappa shape index (κ2) is 8.19. The first-order valence-corrected chi connectivity index (χ1v) is 7.69. The number of rotatable bonds is 8. The molecule has 0 bridgehead atoms. The number of aromatic nitrogens is 3. The minimum absolute atomic E-state index is 0.115. The van der Waals surface area contributed by atoms with Crippen LogP contribution in [0.4, 0.5) is 0 Å². The van der Waals surface area contributed by atoms with Gasteiger partial charge in [-0.3, -0.25) is 14.6 Å². The number of pyridine rings is 1. The van der Waals surface area contributed by atoms with Crippen LogP contribution in [-0.4, -0.2) is 50.1 Å². The molecule has 128 valence electrons. The van der Waals surface area contributed by atoms with Crippen molar-refractivity contribution in [2.45, 2.75) is 26.7 Å². The Balaban J connectivity index is 1.95. The largest absolute Gasteiger partial charge is 0.480 e. The zero-order valence-electron chi connectivity index (χ0n) is 13.7. The van der Waals surface area contributed by atoms with E-state index in [0.717, 1.165) is 0 Å². The number of amides is 1. The standard InChI is InChI=1S/C16H20N4O4/c1-11(2)9-20(10-15(22)23)14(21)7-6-13-18-16(19-24-13)12-5-3-4-8-17-12/h3-5,8,11H,6-7,9-10H2,1-2H3,(H,22,23). The van der Waals surface area contributed by atoms with Crippen LogP contribution in [0.25, 0.3) is 11.5 Å². The third kappa shape index (κ3) is 5.15. The van der Waals surface area contributed by atoms with E-state index < -0.39 is 5.97 Å². The van der Waals surface area contributed by atoms with E-state index in [1.807, 2.05) is 19.9 Å². The summed E-state index contributed by atoms with van der Waals surface area (Å²) in [6, 6.07) is 5.36. The Morgan fingerprint density at radius 3 is 2.75 bits per heavy atom. The predicted octanol–water partition coefficient (Wildman–Crippen LogP) is 1.63. The van der Waals surface area contributed by atoms with Crippen molar-refractivity contribution in [3.05, 3.63) is 30.3 Å². The van der Waals surface area contributed by atoms with Gasteiger partial charge in [0.2, 0.25) is 17.6 Å². The minimum atomic E-state index is -1.03. The quantitative estimate of drug-likeness (QED) is 0.782. The second-order valence-corrected chi connectivity index (χ2v) is 5.79. The number of hydrogen-bond donors (Lipinski definition) is 1. The molecule has 2 aromatic rings. The zero-order chi connectivity index (χ0) is 17.5. The Morgan fingerprint density at radius 1 is 1.33 bits per heavy atom. The van der Waals surface area contributed by atoms with Gasteiger partial charge in [0.1, 0.15) is 12.2 Å². The van der Waals surface area contributed by atoms with Crippen LogP contribution in [0.15, 0.2) is 28.9 Å². The number of carboxylic acid groups (broad SMARTS) is 1. The average molecular weight is 332 g/mol. The molecule has 0 unspecified atom stereocenters. The fourth-order valence-electron chi connectivity index (χ4n) is 2.19. The number of carboxylic acids is 1. The molecule has 0 aliphatic rings. The van der Waals surface area contributed by atoms with E-state index in [0.29, 0.717) is 24.0 Å². The van der Waals surface area contributed by atoms with Gasteiger partial charge in [0.25, 0.3) is 0 Å². The van der Waals surface area contributed by atoms with Gasteiger partial charge in [-0.15, -0.1) is 0 Å².